The summed E-state index contributed by atoms with van der Waals surface area (Å²) in [7, 11) is 0. The summed E-state index contributed by atoms with van der Waals surface area (Å²) >= 11 is 0. The second-order valence-electron chi connectivity index (χ2n) is 8.22. The van der Waals surface area contributed by atoms with Crippen molar-refractivity contribution < 1.29 is 22.6 Å². The van der Waals surface area contributed by atoms with Crippen LogP contribution < -0.4 is 0 Å². The van der Waals surface area contributed by atoms with Crippen molar-refractivity contribution in [2.45, 2.75) is 70.8 Å². The Kier molecular flexibility index (Phi) is 7.21. The average molecular weight is 396 g/mol. The second-order valence-corrected chi connectivity index (χ2v) is 8.22. The lowest BCUT2D eigenvalue weighted by Gasteiger charge is -2.39. The van der Waals surface area contributed by atoms with E-state index in [9.17, 15) is 13.2 Å². The Morgan fingerprint density at radius 3 is 2.32 bits per heavy atom. The molecule has 28 heavy (non-hydrogen) atoms. The molecule has 1 aliphatic heterocycles. The lowest BCUT2D eigenvalue weighted by molar-refractivity contribution is -0.257. The number of rotatable bonds is 6. The molecule has 156 valence electrons. The zero-order valence-electron chi connectivity index (χ0n) is 16.9. The highest BCUT2D eigenvalue weighted by molar-refractivity contribution is 5.51. The third-order valence-corrected chi connectivity index (χ3v) is 6.03. The predicted octanol–water partition coefficient (Wildman–Crippen LogP) is 6.23. The van der Waals surface area contributed by atoms with E-state index in [1.54, 1.807) is 18.2 Å². The van der Waals surface area contributed by atoms with Gasteiger partial charge in [0.1, 0.15) is 0 Å². The summed E-state index contributed by atoms with van der Waals surface area (Å²) < 4.78 is 53.9. The zero-order chi connectivity index (χ0) is 20.1. The summed E-state index contributed by atoms with van der Waals surface area (Å²) in [6.45, 7) is 4.00. The maximum Gasteiger partial charge on any atom is 0.166 e. The topological polar surface area (TPSA) is 18.5 Å². The standard InChI is InChI=1S/C23H31F3O2/c1-3-13-23(26)14-27-22(28-15-23)19-9-6-16(7-10-19)5-8-18-12-11-17(4-2)20(24)21(18)25/h5,8,11-12,16,19,22H,3-4,6-7,9-10,13-15H2,1-2H3/b8-5+. The van der Waals surface area contributed by atoms with E-state index in [4.69, 9.17) is 9.47 Å². The third-order valence-electron chi connectivity index (χ3n) is 6.03. The number of halogens is 3. The van der Waals surface area contributed by atoms with Gasteiger partial charge in [0.15, 0.2) is 23.6 Å². The highest BCUT2D eigenvalue weighted by Crippen LogP contribution is 2.36. The molecular weight excluding hydrogens is 365 g/mol. The van der Waals surface area contributed by atoms with E-state index in [2.05, 4.69) is 0 Å². The van der Waals surface area contributed by atoms with Crippen molar-refractivity contribution >= 4 is 6.08 Å². The van der Waals surface area contributed by atoms with Gasteiger partial charge in [0.25, 0.3) is 0 Å². The molecule has 0 N–H and O–H groups in total. The fourth-order valence-corrected chi connectivity index (χ4v) is 4.27. The van der Waals surface area contributed by atoms with Crippen molar-refractivity contribution in [3.63, 3.8) is 0 Å². The summed E-state index contributed by atoms with van der Waals surface area (Å²) in [5.41, 5.74) is -0.650. The molecule has 0 atom stereocenters. The maximum absolute atomic E-state index is 14.4. The number of ether oxygens (including phenoxy) is 2. The molecule has 5 heteroatoms. The highest BCUT2D eigenvalue weighted by Gasteiger charge is 2.39. The molecule has 2 fully saturated rings. The molecule has 1 aromatic rings. The molecule has 0 unspecified atom stereocenters. The summed E-state index contributed by atoms with van der Waals surface area (Å²) in [6, 6.07) is 3.29. The molecule has 1 saturated heterocycles. The highest BCUT2D eigenvalue weighted by atomic mass is 19.2. The van der Waals surface area contributed by atoms with Crippen molar-refractivity contribution in [1.82, 2.24) is 0 Å². The summed E-state index contributed by atoms with van der Waals surface area (Å²) in [4.78, 5) is 0. The van der Waals surface area contributed by atoms with E-state index in [1.807, 2.05) is 19.9 Å². The number of alkyl halides is 1. The van der Waals surface area contributed by atoms with Crippen LogP contribution in [-0.4, -0.2) is 25.2 Å². The molecule has 3 rings (SSSR count). The van der Waals surface area contributed by atoms with Gasteiger partial charge in [-0.15, -0.1) is 0 Å². The molecule has 1 heterocycles. The fourth-order valence-electron chi connectivity index (χ4n) is 4.27. The Labute approximate surface area is 166 Å². The first-order chi connectivity index (χ1) is 13.5. The van der Waals surface area contributed by atoms with Crippen LogP contribution in [0.4, 0.5) is 13.2 Å². The minimum absolute atomic E-state index is 0.115. The van der Waals surface area contributed by atoms with Crippen LogP contribution in [0, 0.1) is 23.5 Å². The number of aryl methyl sites for hydroxylation is 1. The lowest BCUT2D eigenvalue weighted by Crippen LogP contribution is -2.46. The van der Waals surface area contributed by atoms with Crippen LogP contribution in [0.1, 0.15) is 63.5 Å². The summed E-state index contributed by atoms with van der Waals surface area (Å²) in [5.74, 6) is -0.913. The number of hydrogen-bond acceptors (Lipinski definition) is 2. The van der Waals surface area contributed by atoms with Crippen molar-refractivity contribution in [3.8, 4) is 0 Å². The van der Waals surface area contributed by atoms with Crippen LogP contribution in [-0.2, 0) is 15.9 Å². The molecule has 0 spiro atoms. The van der Waals surface area contributed by atoms with Gasteiger partial charge in [-0.05, 0) is 50.0 Å². The van der Waals surface area contributed by atoms with Gasteiger partial charge in [0, 0.05) is 11.5 Å². The Hall–Kier alpha value is -1.33. The van der Waals surface area contributed by atoms with E-state index >= 15 is 0 Å². The number of benzene rings is 1. The minimum atomic E-state index is -1.35. The first-order valence-corrected chi connectivity index (χ1v) is 10.5. The summed E-state index contributed by atoms with van der Waals surface area (Å²) in [6.07, 6.45) is 8.81. The Morgan fingerprint density at radius 1 is 1.04 bits per heavy atom. The lowest BCUT2D eigenvalue weighted by atomic mass is 9.81. The van der Waals surface area contributed by atoms with Gasteiger partial charge in [0.2, 0.25) is 0 Å². The monoisotopic (exact) mass is 396 g/mol. The Balaban J connectivity index is 1.50. The molecule has 0 radical (unpaired) electrons. The van der Waals surface area contributed by atoms with Gasteiger partial charge < -0.3 is 9.47 Å². The van der Waals surface area contributed by atoms with E-state index in [0.29, 0.717) is 29.9 Å². The normalized spacial score (nSPS) is 31.4. The molecule has 0 aromatic heterocycles. The summed E-state index contributed by atoms with van der Waals surface area (Å²) in [5, 5.41) is 0. The quantitative estimate of drug-likeness (QED) is 0.568. The van der Waals surface area contributed by atoms with Crippen molar-refractivity contribution in [2.24, 2.45) is 11.8 Å². The predicted molar refractivity (Wildman–Crippen MR) is 105 cm³/mol. The molecule has 1 aliphatic carbocycles. The van der Waals surface area contributed by atoms with Gasteiger partial charge in [0.05, 0.1) is 13.2 Å². The molecule has 1 aromatic carbocycles. The molecule has 2 nitrogen and oxygen atoms in total. The molecule has 2 aliphatic rings. The van der Waals surface area contributed by atoms with Crippen LogP contribution >= 0.6 is 0 Å². The fraction of sp³-hybridized carbons (Fsp3) is 0.652. The van der Waals surface area contributed by atoms with E-state index in [-0.39, 0.29) is 25.4 Å². The van der Waals surface area contributed by atoms with Gasteiger partial charge in [-0.1, -0.05) is 44.6 Å². The molecule has 0 amide bonds. The van der Waals surface area contributed by atoms with E-state index < -0.39 is 17.3 Å². The largest absolute Gasteiger partial charge is 0.349 e. The van der Waals surface area contributed by atoms with Crippen LogP contribution in [0.2, 0.25) is 0 Å². The van der Waals surface area contributed by atoms with Crippen LogP contribution in [0.15, 0.2) is 18.2 Å². The first kappa shape index (κ1) is 21.4. The first-order valence-electron chi connectivity index (χ1n) is 10.5. The Bertz CT molecular complexity index is 673. The maximum atomic E-state index is 14.4. The van der Waals surface area contributed by atoms with Crippen molar-refractivity contribution in [2.75, 3.05) is 13.2 Å². The molecular formula is C23H31F3O2. The van der Waals surface area contributed by atoms with Crippen LogP contribution in [0.5, 0.6) is 0 Å². The van der Waals surface area contributed by atoms with Crippen LogP contribution in [0.3, 0.4) is 0 Å². The van der Waals surface area contributed by atoms with Crippen LogP contribution in [0.25, 0.3) is 6.08 Å². The van der Waals surface area contributed by atoms with Crippen molar-refractivity contribution in [3.05, 3.63) is 41.0 Å². The van der Waals surface area contributed by atoms with Gasteiger partial charge >= 0.3 is 0 Å². The third kappa shape index (κ3) is 4.98. The SMILES string of the molecule is CCCC1(F)COC(C2CCC(/C=C/c3ccc(CC)c(F)c3F)CC2)OC1. The van der Waals surface area contributed by atoms with Gasteiger partial charge in [-0.25, -0.2) is 13.2 Å². The van der Waals surface area contributed by atoms with Crippen molar-refractivity contribution in [1.29, 1.82) is 0 Å². The minimum Gasteiger partial charge on any atom is -0.349 e. The van der Waals surface area contributed by atoms with E-state index in [1.165, 1.54) is 0 Å². The smallest absolute Gasteiger partial charge is 0.166 e. The second kappa shape index (κ2) is 9.45. The van der Waals surface area contributed by atoms with E-state index in [0.717, 1.165) is 32.1 Å². The Morgan fingerprint density at radius 2 is 1.71 bits per heavy atom. The van der Waals surface area contributed by atoms with Gasteiger partial charge in [-0.2, -0.15) is 0 Å². The van der Waals surface area contributed by atoms with Gasteiger partial charge in [-0.3, -0.25) is 0 Å². The molecule has 0 bridgehead atoms. The molecule has 1 saturated carbocycles. The average Bonchev–Trinajstić information content (AvgIpc) is 2.70. The zero-order valence-corrected chi connectivity index (χ0v) is 16.9. The number of allylic oxidation sites excluding steroid dienone is 1. The number of hydrogen-bond donors (Lipinski definition) is 0.